The van der Waals surface area contributed by atoms with Crippen molar-refractivity contribution in [2.75, 3.05) is 20.3 Å². The molecular weight excluding hydrogens is 307 g/mol. The number of hydrogen-bond acceptors (Lipinski definition) is 3. The fourth-order valence-corrected chi connectivity index (χ4v) is 3.55. The van der Waals surface area contributed by atoms with E-state index in [0.29, 0.717) is 19.6 Å². The van der Waals surface area contributed by atoms with Gasteiger partial charge in [0.05, 0.1) is 24.0 Å². The molecule has 1 aromatic carbocycles. The quantitative estimate of drug-likeness (QED) is 0.853. The van der Waals surface area contributed by atoms with Gasteiger partial charge in [0.15, 0.2) is 0 Å². The second-order valence-electron chi connectivity index (χ2n) is 4.97. The van der Waals surface area contributed by atoms with Crippen molar-refractivity contribution in [1.82, 2.24) is 4.31 Å². The largest absolute Gasteiger partial charge is 0.393 e. The number of nitrogens with zero attached hydrogens (tertiary/aromatic N) is 1. The summed E-state index contributed by atoms with van der Waals surface area (Å²) in [5, 5.41) is 0. The highest BCUT2D eigenvalue weighted by molar-refractivity contribution is 7.89. The normalized spacial score (nSPS) is 20.1. The summed E-state index contributed by atoms with van der Waals surface area (Å²) >= 11 is 0. The Hall–Kier alpha value is -1.12. The number of rotatable bonds is 4. The van der Waals surface area contributed by atoms with Crippen molar-refractivity contribution >= 4 is 10.0 Å². The van der Waals surface area contributed by atoms with Gasteiger partial charge in [-0.2, -0.15) is 17.5 Å². The number of hydrogen-bond donors (Lipinski definition) is 0. The zero-order chi connectivity index (χ0) is 15.7. The Labute approximate surface area is 121 Å². The fraction of sp³-hybridized carbons (Fsp3) is 0.538. The Morgan fingerprint density at radius 2 is 1.90 bits per heavy atom. The zero-order valence-corrected chi connectivity index (χ0v) is 12.2. The molecule has 1 aliphatic heterocycles. The third-order valence-corrected chi connectivity index (χ3v) is 5.35. The van der Waals surface area contributed by atoms with Crippen LogP contribution < -0.4 is 0 Å². The number of halogens is 3. The third-order valence-electron chi connectivity index (χ3n) is 3.42. The molecule has 0 unspecified atom stereocenters. The van der Waals surface area contributed by atoms with E-state index in [-0.39, 0.29) is 16.5 Å². The summed E-state index contributed by atoms with van der Waals surface area (Å²) in [6.07, 6.45) is -4.76. The maximum absolute atomic E-state index is 12.4. The average Bonchev–Trinajstić information content (AvgIpc) is 2.90. The van der Waals surface area contributed by atoms with Crippen molar-refractivity contribution in [1.29, 1.82) is 0 Å². The number of alkyl halides is 3. The Kier molecular flexibility index (Phi) is 4.60. The lowest BCUT2D eigenvalue weighted by atomic mass is 10.1. The van der Waals surface area contributed by atoms with Gasteiger partial charge in [0.1, 0.15) is 0 Å². The summed E-state index contributed by atoms with van der Waals surface area (Å²) in [4.78, 5) is -0.0113. The van der Waals surface area contributed by atoms with Crippen LogP contribution in [0.15, 0.2) is 29.2 Å². The van der Waals surface area contributed by atoms with E-state index in [0.717, 1.165) is 0 Å². The van der Waals surface area contributed by atoms with Crippen LogP contribution in [0.4, 0.5) is 13.2 Å². The van der Waals surface area contributed by atoms with Gasteiger partial charge in [-0.1, -0.05) is 12.1 Å². The van der Waals surface area contributed by atoms with Gasteiger partial charge in [-0.25, -0.2) is 8.42 Å². The molecule has 21 heavy (non-hydrogen) atoms. The Bertz CT molecular complexity index is 578. The first kappa shape index (κ1) is 16.3. The van der Waals surface area contributed by atoms with E-state index in [2.05, 4.69) is 0 Å². The minimum Gasteiger partial charge on any atom is -0.380 e. The summed E-state index contributed by atoms with van der Waals surface area (Å²) in [5.74, 6) is 0. The summed E-state index contributed by atoms with van der Waals surface area (Å²) in [6, 6.07) is 4.58. The van der Waals surface area contributed by atoms with Crippen LogP contribution in [0.1, 0.15) is 12.0 Å². The molecule has 1 saturated heterocycles. The molecule has 2 rings (SSSR count). The van der Waals surface area contributed by atoms with Gasteiger partial charge >= 0.3 is 6.18 Å². The van der Waals surface area contributed by atoms with Crippen LogP contribution >= 0.6 is 0 Å². The molecule has 4 nitrogen and oxygen atoms in total. The van der Waals surface area contributed by atoms with Crippen molar-refractivity contribution < 1.29 is 26.3 Å². The van der Waals surface area contributed by atoms with Crippen LogP contribution in [0.3, 0.4) is 0 Å². The molecule has 0 radical (unpaired) electrons. The summed E-state index contributed by atoms with van der Waals surface area (Å²) in [5.41, 5.74) is 0.0355. The second-order valence-corrected chi connectivity index (χ2v) is 6.97. The van der Waals surface area contributed by atoms with Crippen molar-refractivity contribution in [3.05, 3.63) is 29.8 Å². The lowest BCUT2D eigenvalue weighted by Gasteiger charge is -2.22. The molecule has 0 saturated carbocycles. The highest BCUT2D eigenvalue weighted by Crippen LogP contribution is 2.24. The third kappa shape index (κ3) is 3.96. The van der Waals surface area contributed by atoms with Gasteiger partial charge in [0, 0.05) is 13.7 Å². The highest BCUT2D eigenvalue weighted by atomic mass is 32.2. The van der Waals surface area contributed by atoms with Gasteiger partial charge in [0.2, 0.25) is 10.0 Å². The molecule has 1 aliphatic rings. The smallest absolute Gasteiger partial charge is 0.380 e. The van der Waals surface area contributed by atoms with Crippen LogP contribution in [0.2, 0.25) is 0 Å². The van der Waals surface area contributed by atoms with Crippen LogP contribution in [-0.4, -0.2) is 45.2 Å². The van der Waals surface area contributed by atoms with E-state index < -0.39 is 22.6 Å². The van der Waals surface area contributed by atoms with Crippen LogP contribution in [-0.2, 0) is 21.2 Å². The average molecular weight is 323 g/mol. The molecule has 1 aromatic rings. The van der Waals surface area contributed by atoms with Gasteiger partial charge in [0.25, 0.3) is 0 Å². The molecule has 0 N–H and O–H groups in total. The molecule has 1 heterocycles. The standard InChI is InChI=1S/C13H16F3NO3S/c1-17(11-6-7-20-9-11)21(18,19)12-4-2-10(3-5-12)8-13(14,15)16/h2-5,11H,6-9H2,1H3/t11-/m1/s1. The molecule has 0 spiro atoms. The first-order chi connectivity index (χ1) is 9.70. The van der Waals surface area contributed by atoms with E-state index >= 15 is 0 Å². The van der Waals surface area contributed by atoms with Gasteiger partial charge in [-0.15, -0.1) is 0 Å². The fourth-order valence-electron chi connectivity index (χ4n) is 2.18. The van der Waals surface area contributed by atoms with Gasteiger partial charge < -0.3 is 4.74 Å². The van der Waals surface area contributed by atoms with Crippen LogP contribution in [0.5, 0.6) is 0 Å². The van der Waals surface area contributed by atoms with E-state index in [1.54, 1.807) is 0 Å². The van der Waals surface area contributed by atoms with Gasteiger partial charge in [-0.05, 0) is 24.1 Å². The van der Waals surface area contributed by atoms with Crippen LogP contribution in [0, 0.1) is 0 Å². The molecular formula is C13H16F3NO3S. The SMILES string of the molecule is CN([C@@H]1CCOC1)S(=O)(=O)c1ccc(CC(F)(F)F)cc1. The van der Waals surface area contributed by atoms with Crippen LogP contribution in [0.25, 0.3) is 0 Å². The lowest BCUT2D eigenvalue weighted by Crippen LogP contribution is -2.37. The number of benzene rings is 1. The van der Waals surface area contributed by atoms with Crippen molar-refractivity contribution in [2.24, 2.45) is 0 Å². The maximum atomic E-state index is 12.4. The summed E-state index contributed by atoms with van der Waals surface area (Å²) < 4.78 is 67.9. The summed E-state index contributed by atoms with van der Waals surface area (Å²) in [7, 11) is -2.25. The molecule has 118 valence electrons. The van der Waals surface area contributed by atoms with E-state index in [4.69, 9.17) is 4.74 Å². The molecule has 0 amide bonds. The molecule has 0 bridgehead atoms. The first-order valence-corrected chi connectivity index (χ1v) is 7.85. The highest BCUT2D eigenvalue weighted by Gasteiger charge is 2.31. The number of sulfonamides is 1. The zero-order valence-electron chi connectivity index (χ0n) is 11.4. The van der Waals surface area contributed by atoms with E-state index in [1.165, 1.54) is 35.6 Å². The molecule has 8 heteroatoms. The lowest BCUT2D eigenvalue weighted by molar-refractivity contribution is -0.127. The number of ether oxygens (including phenoxy) is 1. The minimum absolute atomic E-state index is 0.0113. The van der Waals surface area contributed by atoms with Crippen molar-refractivity contribution in [3.8, 4) is 0 Å². The molecule has 1 fully saturated rings. The van der Waals surface area contributed by atoms with Crippen molar-refractivity contribution in [3.63, 3.8) is 0 Å². The predicted molar refractivity (Wildman–Crippen MR) is 70.4 cm³/mol. The molecule has 0 aliphatic carbocycles. The minimum atomic E-state index is -4.31. The van der Waals surface area contributed by atoms with Crippen molar-refractivity contribution in [2.45, 2.75) is 30.0 Å². The topological polar surface area (TPSA) is 46.6 Å². The monoisotopic (exact) mass is 323 g/mol. The Balaban J connectivity index is 2.16. The molecule has 1 atom stereocenters. The maximum Gasteiger partial charge on any atom is 0.393 e. The van der Waals surface area contributed by atoms with Gasteiger partial charge in [-0.3, -0.25) is 0 Å². The predicted octanol–water partition coefficient (Wildman–Crippen LogP) is 2.20. The first-order valence-electron chi connectivity index (χ1n) is 6.41. The molecule has 0 aromatic heterocycles. The van der Waals surface area contributed by atoms with E-state index in [1.807, 2.05) is 0 Å². The Morgan fingerprint density at radius 1 is 1.29 bits per heavy atom. The Morgan fingerprint density at radius 3 is 2.38 bits per heavy atom. The second kappa shape index (κ2) is 5.94. The van der Waals surface area contributed by atoms with E-state index in [9.17, 15) is 21.6 Å². The summed E-state index contributed by atoms with van der Waals surface area (Å²) in [6.45, 7) is 0.844. The number of likely N-dealkylation sites (N-methyl/N-ethyl adjacent to an activating group) is 1.